The predicted molar refractivity (Wildman–Crippen MR) is 102 cm³/mol. The number of guanidine groups is 1. The minimum Gasteiger partial charge on any atom is -0.351 e. The number of hydrogen-bond donors (Lipinski definition) is 1. The number of rotatable bonds is 4. The molecular weight excluding hydrogens is 310 g/mol. The van der Waals surface area contributed by atoms with Gasteiger partial charge in [0.15, 0.2) is 5.96 Å². The summed E-state index contributed by atoms with van der Waals surface area (Å²) < 4.78 is 0. The maximum atomic E-state index is 4.54. The maximum absolute atomic E-state index is 4.54. The van der Waals surface area contributed by atoms with Crippen molar-refractivity contribution in [3.63, 3.8) is 0 Å². The smallest absolute Gasteiger partial charge is 0.194 e. The molecule has 0 amide bonds. The summed E-state index contributed by atoms with van der Waals surface area (Å²) in [6.07, 6.45) is 0. The van der Waals surface area contributed by atoms with Crippen molar-refractivity contribution in [1.82, 2.24) is 20.1 Å². The van der Waals surface area contributed by atoms with Crippen molar-refractivity contribution in [3.05, 3.63) is 65.5 Å². The number of aromatic nitrogens is 1. The average Bonchev–Trinajstić information content (AvgIpc) is 2.64. The van der Waals surface area contributed by atoms with Crippen molar-refractivity contribution >= 4 is 5.96 Å². The molecular formula is C20H27N5. The maximum Gasteiger partial charge on any atom is 0.194 e. The Morgan fingerprint density at radius 3 is 2.48 bits per heavy atom. The van der Waals surface area contributed by atoms with Crippen molar-refractivity contribution in [2.75, 3.05) is 33.2 Å². The predicted octanol–water partition coefficient (Wildman–Crippen LogP) is 2.28. The number of pyridine rings is 1. The molecule has 1 aliphatic rings. The Labute approximate surface area is 150 Å². The van der Waals surface area contributed by atoms with Crippen molar-refractivity contribution in [2.24, 2.45) is 4.99 Å². The minimum absolute atomic E-state index is 0.707. The van der Waals surface area contributed by atoms with Gasteiger partial charge in [0.1, 0.15) is 0 Å². The second kappa shape index (κ2) is 8.62. The molecule has 2 aromatic rings. The summed E-state index contributed by atoms with van der Waals surface area (Å²) in [4.78, 5) is 13.8. The van der Waals surface area contributed by atoms with E-state index in [9.17, 15) is 0 Å². The molecule has 0 atom stereocenters. The molecule has 0 aliphatic carbocycles. The van der Waals surface area contributed by atoms with Gasteiger partial charge in [0.05, 0.1) is 12.2 Å². The minimum atomic E-state index is 0.707. The van der Waals surface area contributed by atoms with Crippen LogP contribution in [0.15, 0.2) is 53.5 Å². The Kier molecular flexibility index (Phi) is 6.01. The van der Waals surface area contributed by atoms with Crippen LogP contribution < -0.4 is 5.32 Å². The van der Waals surface area contributed by atoms with Gasteiger partial charge < -0.3 is 10.2 Å². The van der Waals surface area contributed by atoms with Crippen molar-refractivity contribution < 1.29 is 0 Å². The van der Waals surface area contributed by atoms with E-state index in [1.165, 1.54) is 5.56 Å². The van der Waals surface area contributed by atoms with Crippen LogP contribution in [0.4, 0.5) is 0 Å². The van der Waals surface area contributed by atoms with E-state index in [0.717, 1.165) is 50.1 Å². The Balaban J connectivity index is 1.49. The van der Waals surface area contributed by atoms with E-state index in [-0.39, 0.29) is 0 Å². The molecule has 1 fully saturated rings. The highest BCUT2D eigenvalue weighted by molar-refractivity contribution is 5.79. The van der Waals surface area contributed by atoms with Gasteiger partial charge in [-0.2, -0.15) is 0 Å². The Morgan fingerprint density at radius 2 is 1.80 bits per heavy atom. The number of benzene rings is 1. The van der Waals surface area contributed by atoms with E-state index < -0.39 is 0 Å². The van der Waals surface area contributed by atoms with Gasteiger partial charge in [-0.15, -0.1) is 0 Å². The molecule has 132 valence electrons. The van der Waals surface area contributed by atoms with E-state index >= 15 is 0 Å². The largest absolute Gasteiger partial charge is 0.351 e. The first-order valence-corrected chi connectivity index (χ1v) is 8.89. The molecule has 0 radical (unpaired) electrons. The summed E-state index contributed by atoms with van der Waals surface area (Å²) in [5, 5.41) is 3.44. The molecule has 3 rings (SSSR count). The van der Waals surface area contributed by atoms with Gasteiger partial charge >= 0.3 is 0 Å². The summed E-state index contributed by atoms with van der Waals surface area (Å²) >= 11 is 0. The lowest BCUT2D eigenvalue weighted by Gasteiger charge is -2.36. The summed E-state index contributed by atoms with van der Waals surface area (Å²) in [5.74, 6) is 0.961. The van der Waals surface area contributed by atoms with Crippen LogP contribution in [-0.4, -0.2) is 54.0 Å². The van der Waals surface area contributed by atoms with Crippen LogP contribution in [0.3, 0.4) is 0 Å². The molecule has 1 N–H and O–H groups in total. The molecule has 5 nitrogen and oxygen atoms in total. The molecule has 1 aromatic carbocycles. The second-order valence-corrected chi connectivity index (χ2v) is 6.42. The molecule has 0 spiro atoms. The monoisotopic (exact) mass is 337 g/mol. The van der Waals surface area contributed by atoms with Crippen LogP contribution in [0, 0.1) is 6.92 Å². The van der Waals surface area contributed by atoms with Crippen LogP contribution in [0.25, 0.3) is 0 Å². The standard InChI is InChI=1S/C20H27N5/c1-17-7-6-10-19(23-17)15-22-20(21-2)25-13-11-24(12-14-25)16-18-8-4-3-5-9-18/h3-10H,11-16H2,1-2H3,(H,21,22). The molecule has 0 bridgehead atoms. The first kappa shape index (κ1) is 17.4. The second-order valence-electron chi connectivity index (χ2n) is 6.42. The summed E-state index contributed by atoms with van der Waals surface area (Å²) in [6.45, 7) is 7.84. The molecule has 0 saturated carbocycles. The summed E-state index contributed by atoms with van der Waals surface area (Å²) in [6, 6.07) is 16.8. The summed E-state index contributed by atoms with van der Waals surface area (Å²) in [5.41, 5.74) is 3.47. The Bertz CT molecular complexity index is 690. The highest BCUT2D eigenvalue weighted by Crippen LogP contribution is 2.09. The van der Waals surface area contributed by atoms with Crippen LogP contribution in [-0.2, 0) is 13.1 Å². The normalized spacial score (nSPS) is 16.1. The van der Waals surface area contributed by atoms with E-state index in [1.54, 1.807) is 0 Å². The SMILES string of the molecule is CN=C(NCc1cccc(C)n1)N1CCN(Cc2ccccc2)CC1. The van der Waals surface area contributed by atoms with Crippen LogP contribution in [0.2, 0.25) is 0 Å². The van der Waals surface area contributed by atoms with E-state index in [2.05, 4.69) is 55.4 Å². The van der Waals surface area contributed by atoms with Gasteiger partial charge in [0, 0.05) is 45.5 Å². The van der Waals surface area contributed by atoms with Crippen molar-refractivity contribution in [2.45, 2.75) is 20.0 Å². The van der Waals surface area contributed by atoms with E-state index in [1.807, 2.05) is 32.2 Å². The zero-order valence-corrected chi connectivity index (χ0v) is 15.2. The van der Waals surface area contributed by atoms with E-state index in [4.69, 9.17) is 0 Å². The lowest BCUT2D eigenvalue weighted by molar-refractivity contribution is 0.172. The molecule has 1 aliphatic heterocycles. The lowest BCUT2D eigenvalue weighted by Crippen LogP contribution is -2.52. The highest BCUT2D eigenvalue weighted by Gasteiger charge is 2.19. The van der Waals surface area contributed by atoms with Gasteiger partial charge in [-0.25, -0.2) is 0 Å². The van der Waals surface area contributed by atoms with E-state index in [0.29, 0.717) is 6.54 Å². The Morgan fingerprint density at radius 1 is 1.04 bits per heavy atom. The number of nitrogens with zero attached hydrogens (tertiary/aromatic N) is 4. The van der Waals surface area contributed by atoms with Crippen LogP contribution >= 0.6 is 0 Å². The topological polar surface area (TPSA) is 43.8 Å². The fraction of sp³-hybridized carbons (Fsp3) is 0.400. The number of aryl methyl sites for hydroxylation is 1. The quantitative estimate of drug-likeness (QED) is 0.687. The third-order valence-corrected chi connectivity index (χ3v) is 4.51. The first-order valence-electron chi connectivity index (χ1n) is 8.89. The molecule has 1 aromatic heterocycles. The van der Waals surface area contributed by atoms with Gasteiger partial charge in [-0.1, -0.05) is 36.4 Å². The molecule has 0 unspecified atom stereocenters. The average molecular weight is 337 g/mol. The van der Waals surface area contributed by atoms with Gasteiger partial charge in [-0.3, -0.25) is 14.9 Å². The third-order valence-electron chi connectivity index (χ3n) is 4.51. The number of piperazine rings is 1. The highest BCUT2D eigenvalue weighted by atomic mass is 15.3. The fourth-order valence-corrected chi connectivity index (χ4v) is 3.16. The Hall–Kier alpha value is -2.40. The fourth-order valence-electron chi connectivity index (χ4n) is 3.16. The summed E-state index contributed by atoms with van der Waals surface area (Å²) in [7, 11) is 1.85. The first-order chi connectivity index (χ1) is 12.2. The number of nitrogens with one attached hydrogen (secondary N) is 1. The van der Waals surface area contributed by atoms with Gasteiger partial charge in [0.2, 0.25) is 0 Å². The van der Waals surface area contributed by atoms with Gasteiger partial charge in [-0.05, 0) is 24.6 Å². The molecule has 2 heterocycles. The van der Waals surface area contributed by atoms with Crippen molar-refractivity contribution in [1.29, 1.82) is 0 Å². The van der Waals surface area contributed by atoms with Gasteiger partial charge in [0.25, 0.3) is 0 Å². The molecule has 5 heteroatoms. The third kappa shape index (κ3) is 5.03. The zero-order chi connectivity index (χ0) is 17.5. The number of hydrogen-bond acceptors (Lipinski definition) is 3. The molecule has 1 saturated heterocycles. The van der Waals surface area contributed by atoms with Crippen molar-refractivity contribution in [3.8, 4) is 0 Å². The van der Waals surface area contributed by atoms with Crippen LogP contribution in [0.5, 0.6) is 0 Å². The molecule has 25 heavy (non-hydrogen) atoms. The number of aliphatic imine (C=N–C) groups is 1. The zero-order valence-electron chi connectivity index (χ0n) is 15.2. The van der Waals surface area contributed by atoms with Crippen LogP contribution in [0.1, 0.15) is 17.0 Å². The lowest BCUT2D eigenvalue weighted by atomic mass is 10.2.